The molecule has 2 nitrogen and oxygen atoms in total. The lowest BCUT2D eigenvalue weighted by atomic mass is 9.84. The van der Waals surface area contributed by atoms with Crippen molar-refractivity contribution in [3.8, 4) is 39.1 Å². The van der Waals surface area contributed by atoms with E-state index in [1.165, 1.54) is 83.0 Å². The fourth-order valence-corrected chi connectivity index (χ4v) is 10.4. The molecule has 0 amide bonds. The van der Waals surface area contributed by atoms with E-state index in [9.17, 15) is 0 Å². The van der Waals surface area contributed by atoms with Crippen LogP contribution in [0.15, 0.2) is 242 Å². The second kappa shape index (κ2) is 19.0. The molecule has 0 aliphatic carbocycles. The van der Waals surface area contributed by atoms with Gasteiger partial charge in [0.2, 0.25) is 0 Å². The van der Waals surface area contributed by atoms with Crippen LogP contribution in [0.25, 0.3) is 72.1 Å². The van der Waals surface area contributed by atoms with Crippen molar-refractivity contribution in [1.82, 2.24) is 4.57 Å². The van der Waals surface area contributed by atoms with Crippen LogP contribution in [0, 0.1) is 6.92 Å². The molecule has 9 aromatic carbocycles. The van der Waals surface area contributed by atoms with Crippen molar-refractivity contribution in [3.63, 3.8) is 0 Å². The number of aliphatic imine (C=N–C) groups is 1. The van der Waals surface area contributed by atoms with E-state index in [1.54, 1.807) is 0 Å². The van der Waals surface area contributed by atoms with Gasteiger partial charge in [-0.05, 0) is 148 Å². The smallest absolute Gasteiger partial charge is 0.0711 e. The Hall–Kier alpha value is -8.07. The molecule has 1 aromatic heterocycles. The Bertz CT molecular complexity index is 3500. The molecule has 1 aliphatic rings. The molecule has 2 heterocycles. The van der Waals surface area contributed by atoms with Gasteiger partial charge < -0.3 is 4.57 Å². The molecular formula is C66H54N2. The maximum Gasteiger partial charge on any atom is 0.0711 e. The average molecular weight is 875 g/mol. The Kier molecular flexibility index (Phi) is 11.9. The SMILES string of the molecule is CCC(Cc1ccccc1-c1c(C)cccc1-c1ccc(-n2c3ccccc3c3cc(-c4cccc(C5=N/C(c6ccccc6)=C\C(c6ccccc6)=C/CC5)c4)ccc32)cc1)c1ccccc1. The molecule has 68 heavy (non-hydrogen) atoms. The molecule has 0 bridgehead atoms. The van der Waals surface area contributed by atoms with Crippen molar-refractivity contribution < 1.29 is 0 Å². The molecule has 328 valence electrons. The van der Waals surface area contributed by atoms with E-state index >= 15 is 0 Å². The number of allylic oxidation sites excluding steroid dienone is 3. The van der Waals surface area contributed by atoms with E-state index in [2.05, 4.69) is 255 Å². The summed E-state index contributed by atoms with van der Waals surface area (Å²) in [5, 5.41) is 2.48. The third kappa shape index (κ3) is 8.46. The van der Waals surface area contributed by atoms with Gasteiger partial charge >= 0.3 is 0 Å². The molecule has 0 saturated heterocycles. The Morgan fingerprint density at radius 1 is 0.500 bits per heavy atom. The monoisotopic (exact) mass is 874 g/mol. The van der Waals surface area contributed by atoms with Crippen molar-refractivity contribution >= 4 is 38.8 Å². The van der Waals surface area contributed by atoms with Crippen molar-refractivity contribution in [2.24, 2.45) is 4.99 Å². The van der Waals surface area contributed by atoms with Crippen molar-refractivity contribution in [2.75, 3.05) is 0 Å². The number of rotatable bonds is 11. The molecule has 1 aliphatic heterocycles. The molecule has 0 radical (unpaired) electrons. The van der Waals surface area contributed by atoms with Crippen LogP contribution in [0.4, 0.5) is 0 Å². The highest BCUT2D eigenvalue weighted by molar-refractivity contribution is 6.11. The number of aromatic nitrogens is 1. The van der Waals surface area contributed by atoms with E-state index in [4.69, 9.17) is 4.99 Å². The summed E-state index contributed by atoms with van der Waals surface area (Å²) in [7, 11) is 0. The van der Waals surface area contributed by atoms with Gasteiger partial charge in [-0.15, -0.1) is 0 Å². The first-order valence-electron chi connectivity index (χ1n) is 24.2. The van der Waals surface area contributed by atoms with Gasteiger partial charge in [-0.3, -0.25) is 4.99 Å². The average Bonchev–Trinajstić information content (AvgIpc) is 3.72. The third-order valence-electron chi connectivity index (χ3n) is 13.9. The minimum atomic E-state index is 0.459. The van der Waals surface area contributed by atoms with Gasteiger partial charge in [-0.25, -0.2) is 0 Å². The summed E-state index contributed by atoms with van der Waals surface area (Å²) in [6.45, 7) is 4.57. The summed E-state index contributed by atoms with van der Waals surface area (Å²) >= 11 is 0. The molecule has 0 saturated carbocycles. The standard InChI is InChI=1S/C66H54N2/c1-3-47(48-21-7-4-8-22-48)42-55-27-13-14-31-59(55)66-46(2)20-17-33-58(66)50-36-39-57(40-37-50)68-64-35-16-15-32-60(64)61-44-54(38-41-65(61)68)52-28-18-30-56(43-52)62-34-19-29-53(49-23-9-5-10-24-49)45-63(67-62)51-25-11-6-12-26-51/h4-18,20-33,35-41,43-45,47H,3,19,34,42H2,1-2H3/b53-29+,63-45-,67-62?. The van der Waals surface area contributed by atoms with Crippen LogP contribution < -0.4 is 0 Å². The summed E-state index contributed by atoms with van der Waals surface area (Å²) in [6, 6.07) is 82.0. The number of hydrogen-bond donors (Lipinski definition) is 0. The maximum absolute atomic E-state index is 5.43. The fraction of sp³-hybridized carbons (Fsp3) is 0.106. The number of para-hydroxylation sites is 1. The van der Waals surface area contributed by atoms with Gasteiger partial charge in [0.1, 0.15) is 0 Å². The van der Waals surface area contributed by atoms with Crippen molar-refractivity contribution in [2.45, 2.75) is 45.4 Å². The van der Waals surface area contributed by atoms with Gasteiger partial charge in [-0.2, -0.15) is 0 Å². The van der Waals surface area contributed by atoms with Gasteiger partial charge in [-0.1, -0.05) is 201 Å². The zero-order valence-electron chi connectivity index (χ0n) is 38.8. The molecular weight excluding hydrogens is 821 g/mol. The Morgan fingerprint density at radius 3 is 1.91 bits per heavy atom. The summed E-state index contributed by atoms with van der Waals surface area (Å²) in [5.74, 6) is 0.459. The first kappa shape index (κ1) is 42.6. The summed E-state index contributed by atoms with van der Waals surface area (Å²) in [6.07, 6.45) is 8.47. The number of benzene rings is 9. The van der Waals surface area contributed by atoms with E-state index in [0.29, 0.717) is 5.92 Å². The molecule has 0 fully saturated rings. The lowest BCUT2D eigenvalue weighted by Gasteiger charge is -2.21. The normalized spacial score (nSPS) is 14.9. The van der Waals surface area contributed by atoms with Gasteiger partial charge in [0.05, 0.1) is 16.7 Å². The minimum absolute atomic E-state index is 0.459. The lowest BCUT2D eigenvalue weighted by Crippen LogP contribution is -2.04. The Labute approximate surface area is 401 Å². The van der Waals surface area contributed by atoms with Crippen LogP contribution >= 0.6 is 0 Å². The number of aryl methyl sites for hydroxylation is 1. The van der Waals surface area contributed by atoms with E-state index < -0.39 is 0 Å². The van der Waals surface area contributed by atoms with Crippen LogP contribution in [-0.2, 0) is 6.42 Å². The van der Waals surface area contributed by atoms with E-state index in [0.717, 1.165) is 53.9 Å². The Morgan fingerprint density at radius 2 is 1.12 bits per heavy atom. The molecule has 1 unspecified atom stereocenters. The topological polar surface area (TPSA) is 17.3 Å². The van der Waals surface area contributed by atoms with Crippen LogP contribution in [-0.4, -0.2) is 10.3 Å². The second-order valence-corrected chi connectivity index (χ2v) is 18.1. The number of nitrogens with zero attached hydrogens (tertiary/aromatic N) is 2. The molecule has 0 N–H and O–H groups in total. The minimum Gasteiger partial charge on any atom is -0.309 e. The number of hydrogen-bond acceptors (Lipinski definition) is 1. The van der Waals surface area contributed by atoms with Gasteiger partial charge in [0.25, 0.3) is 0 Å². The molecule has 0 spiro atoms. The first-order valence-corrected chi connectivity index (χ1v) is 24.2. The molecule has 2 heteroatoms. The third-order valence-corrected chi connectivity index (χ3v) is 13.9. The predicted octanol–water partition coefficient (Wildman–Crippen LogP) is 17.5. The van der Waals surface area contributed by atoms with Gasteiger partial charge in [0.15, 0.2) is 0 Å². The van der Waals surface area contributed by atoms with Crippen molar-refractivity contribution in [3.05, 3.63) is 270 Å². The fourth-order valence-electron chi connectivity index (χ4n) is 10.4. The van der Waals surface area contributed by atoms with E-state index in [-0.39, 0.29) is 0 Å². The quantitative estimate of drug-likeness (QED) is 0.123. The van der Waals surface area contributed by atoms with Crippen LogP contribution in [0.1, 0.15) is 65.5 Å². The molecule has 11 rings (SSSR count). The van der Waals surface area contributed by atoms with Crippen LogP contribution in [0.5, 0.6) is 0 Å². The lowest BCUT2D eigenvalue weighted by molar-refractivity contribution is 0.661. The maximum atomic E-state index is 5.43. The zero-order chi connectivity index (χ0) is 45.8. The highest BCUT2D eigenvalue weighted by Crippen LogP contribution is 2.41. The molecule has 10 aromatic rings. The van der Waals surface area contributed by atoms with Crippen LogP contribution in [0.2, 0.25) is 0 Å². The predicted molar refractivity (Wildman–Crippen MR) is 290 cm³/mol. The van der Waals surface area contributed by atoms with E-state index in [1.807, 2.05) is 0 Å². The zero-order valence-corrected chi connectivity index (χ0v) is 38.8. The molecule has 1 atom stereocenters. The first-order chi connectivity index (χ1) is 33.6. The summed E-state index contributed by atoms with van der Waals surface area (Å²) < 4.78 is 2.42. The highest BCUT2D eigenvalue weighted by atomic mass is 15.0. The summed E-state index contributed by atoms with van der Waals surface area (Å²) in [5.41, 5.74) is 21.9. The Balaban J connectivity index is 0.930. The highest BCUT2D eigenvalue weighted by Gasteiger charge is 2.19. The van der Waals surface area contributed by atoms with Crippen molar-refractivity contribution in [1.29, 1.82) is 0 Å². The van der Waals surface area contributed by atoms with Crippen LogP contribution in [0.3, 0.4) is 0 Å². The largest absolute Gasteiger partial charge is 0.309 e. The summed E-state index contributed by atoms with van der Waals surface area (Å²) in [4.78, 5) is 5.43. The number of fused-ring (bicyclic) bond motifs is 3. The van der Waals surface area contributed by atoms with Gasteiger partial charge in [0, 0.05) is 27.7 Å². The second-order valence-electron chi connectivity index (χ2n) is 18.1.